The predicted molar refractivity (Wildman–Crippen MR) is 112 cm³/mol. The zero-order valence-electron chi connectivity index (χ0n) is 16.0. The molecule has 0 bridgehead atoms. The van der Waals surface area contributed by atoms with Crippen LogP contribution in [-0.2, 0) is 0 Å². The van der Waals surface area contributed by atoms with E-state index in [0.717, 1.165) is 34.1 Å². The summed E-state index contributed by atoms with van der Waals surface area (Å²) in [7, 11) is 0. The van der Waals surface area contributed by atoms with Gasteiger partial charge in [0, 0.05) is 29.8 Å². The fourth-order valence-electron chi connectivity index (χ4n) is 2.99. The Hall–Kier alpha value is -3.19. The molecule has 0 aliphatic rings. The number of benzene rings is 2. The lowest BCUT2D eigenvalue weighted by molar-refractivity contribution is 0.336. The lowest BCUT2D eigenvalue weighted by Gasteiger charge is -2.12. The monoisotopic (exact) mass is 374 g/mol. The van der Waals surface area contributed by atoms with Crippen molar-refractivity contribution < 1.29 is 9.13 Å². The van der Waals surface area contributed by atoms with Crippen molar-refractivity contribution in [1.82, 2.24) is 9.97 Å². The Morgan fingerprint density at radius 3 is 2.71 bits per heavy atom. The second-order valence-corrected chi connectivity index (χ2v) is 6.49. The molecule has 1 unspecified atom stereocenters. The van der Waals surface area contributed by atoms with Gasteiger partial charge in [-0.3, -0.25) is 0 Å². The first-order valence-corrected chi connectivity index (χ1v) is 9.40. The molecule has 1 atom stereocenters. The van der Waals surface area contributed by atoms with Crippen molar-refractivity contribution in [1.29, 1.82) is 0 Å². The van der Waals surface area contributed by atoms with E-state index in [9.17, 15) is 4.39 Å². The van der Waals surface area contributed by atoms with Crippen LogP contribution in [0.2, 0.25) is 0 Å². The van der Waals surface area contributed by atoms with E-state index in [0.29, 0.717) is 25.3 Å². The molecular formula is C24H23FN2O. The van der Waals surface area contributed by atoms with Crippen molar-refractivity contribution in [2.24, 2.45) is 0 Å². The number of aromatic nitrogens is 2. The molecule has 0 aliphatic heterocycles. The van der Waals surface area contributed by atoms with Gasteiger partial charge in [-0.15, -0.1) is 0 Å². The topological polar surface area (TPSA) is 35.0 Å². The van der Waals surface area contributed by atoms with E-state index in [4.69, 9.17) is 4.74 Å². The van der Waals surface area contributed by atoms with Gasteiger partial charge in [-0.2, -0.15) is 0 Å². The molecular weight excluding hydrogens is 351 g/mol. The maximum atomic E-state index is 12.9. The zero-order valence-corrected chi connectivity index (χ0v) is 16.0. The molecule has 0 spiro atoms. The standard InChI is InChI=1S/C24H23FN2O/c1-3-17-28-23-19(10-6-4-5-9-18(2)25)13-14-20-21(23)11-7-12-22(20)24-26-15-8-16-27-24/h3,7-8,11-16,18H,1,4-5,9,17H2,2H3. The van der Waals surface area contributed by atoms with E-state index in [1.54, 1.807) is 31.5 Å². The number of ether oxygens (including phenoxy) is 1. The molecule has 4 heteroatoms. The minimum absolute atomic E-state index is 0.388. The number of nitrogens with zero attached hydrogens (tertiary/aromatic N) is 2. The normalized spacial score (nSPS) is 11.5. The quantitative estimate of drug-likeness (QED) is 0.300. The van der Waals surface area contributed by atoms with E-state index in [2.05, 4.69) is 28.4 Å². The number of hydrogen-bond acceptors (Lipinski definition) is 3. The number of fused-ring (bicyclic) bond motifs is 1. The third-order valence-electron chi connectivity index (χ3n) is 4.29. The van der Waals surface area contributed by atoms with Gasteiger partial charge < -0.3 is 4.74 Å². The molecule has 3 aromatic rings. The van der Waals surface area contributed by atoms with Crippen LogP contribution >= 0.6 is 0 Å². The first-order valence-electron chi connectivity index (χ1n) is 9.40. The van der Waals surface area contributed by atoms with Crippen LogP contribution in [0.5, 0.6) is 5.75 Å². The molecule has 0 aliphatic carbocycles. The summed E-state index contributed by atoms with van der Waals surface area (Å²) in [5.74, 6) is 7.71. The van der Waals surface area contributed by atoms with Gasteiger partial charge in [0.1, 0.15) is 12.4 Å². The van der Waals surface area contributed by atoms with E-state index < -0.39 is 6.17 Å². The maximum Gasteiger partial charge on any atom is 0.159 e. The SMILES string of the molecule is C=CCOc1c(C#CCCCC(C)F)ccc2c(-c3ncccn3)cccc12. The molecule has 0 saturated carbocycles. The summed E-state index contributed by atoms with van der Waals surface area (Å²) in [6.45, 7) is 5.70. The summed E-state index contributed by atoms with van der Waals surface area (Å²) < 4.78 is 18.9. The summed E-state index contributed by atoms with van der Waals surface area (Å²) in [5.41, 5.74) is 1.76. The first-order chi connectivity index (χ1) is 13.7. The predicted octanol–water partition coefficient (Wildman–Crippen LogP) is 5.74. The zero-order chi connectivity index (χ0) is 19.8. The highest BCUT2D eigenvalue weighted by molar-refractivity contribution is 5.99. The number of rotatable bonds is 7. The molecule has 0 N–H and O–H groups in total. The molecule has 2 aromatic carbocycles. The van der Waals surface area contributed by atoms with E-state index in [-0.39, 0.29) is 0 Å². The Labute approximate surface area is 165 Å². The first kappa shape index (κ1) is 19.6. The molecule has 0 amide bonds. The third kappa shape index (κ3) is 4.75. The number of halogens is 1. The van der Waals surface area contributed by atoms with Crippen molar-refractivity contribution in [3.63, 3.8) is 0 Å². The van der Waals surface area contributed by atoms with Gasteiger partial charge in [0.25, 0.3) is 0 Å². The average Bonchev–Trinajstić information content (AvgIpc) is 2.72. The minimum Gasteiger partial charge on any atom is -0.488 e. The van der Waals surface area contributed by atoms with Gasteiger partial charge in [0.15, 0.2) is 5.82 Å². The van der Waals surface area contributed by atoms with Gasteiger partial charge in [0.2, 0.25) is 0 Å². The van der Waals surface area contributed by atoms with E-state index in [1.807, 2.05) is 30.3 Å². The maximum absolute atomic E-state index is 12.9. The fourth-order valence-corrected chi connectivity index (χ4v) is 2.99. The highest BCUT2D eigenvalue weighted by Gasteiger charge is 2.12. The van der Waals surface area contributed by atoms with Crippen LogP contribution in [0, 0.1) is 11.8 Å². The summed E-state index contributed by atoms with van der Waals surface area (Å²) >= 11 is 0. The number of unbranched alkanes of at least 4 members (excludes halogenated alkanes) is 1. The average molecular weight is 374 g/mol. The van der Waals surface area contributed by atoms with Crippen molar-refractivity contribution in [3.8, 4) is 29.0 Å². The Morgan fingerprint density at radius 1 is 1.14 bits per heavy atom. The Bertz CT molecular complexity index is 1000. The molecule has 0 saturated heterocycles. The molecule has 28 heavy (non-hydrogen) atoms. The van der Waals surface area contributed by atoms with Crippen molar-refractivity contribution in [2.75, 3.05) is 6.61 Å². The van der Waals surface area contributed by atoms with Crippen LogP contribution in [0.1, 0.15) is 31.7 Å². The van der Waals surface area contributed by atoms with E-state index in [1.165, 1.54) is 0 Å². The molecule has 0 fully saturated rings. The van der Waals surface area contributed by atoms with Crippen LogP contribution in [0.4, 0.5) is 4.39 Å². The van der Waals surface area contributed by atoms with Crippen molar-refractivity contribution in [3.05, 3.63) is 67.0 Å². The van der Waals surface area contributed by atoms with Crippen molar-refractivity contribution >= 4 is 10.8 Å². The van der Waals surface area contributed by atoms with Crippen LogP contribution in [0.25, 0.3) is 22.2 Å². The highest BCUT2D eigenvalue weighted by Crippen LogP contribution is 2.34. The van der Waals surface area contributed by atoms with Gasteiger partial charge in [-0.25, -0.2) is 14.4 Å². The lowest BCUT2D eigenvalue weighted by Crippen LogP contribution is -1.98. The second-order valence-electron chi connectivity index (χ2n) is 6.49. The van der Waals surface area contributed by atoms with Gasteiger partial charge in [-0.05, 0) is 37.3 Å². The largest absolute Gasteiger partial charge is 0.488 e. The number of hydrogen-bond donors (Lipinski definition) is 0. The number of alkyl halides is 1. The third-order valence-corrected chi connectivity index (χ3v) is 4.29. The fraction of sp³-hybridized carbons (Fsp3) is 0.250. The summed E-state index contributed by atoms with van der Waals surface area (Å²) in [6, 6.07) is 11.8. The molecule has 0 radical (unpaired) electrons. The van der Waals surface area contributed by atoms with Crippen LogP contribution in [0.3, 0.4) is 0 Å². The smallest absolute Gasteiger partial charge is 0.159 e. The van der Waals surface area contributed by atoms with Crippen molar-refractivity contribution in [2.45, 2.75) is 32.4 Å². The van der Waals surface area contributed by atoms with Gasteiger partial charge in [-0.1, -0.05) is 48.8 Å². The second kappa shape index (κ2) is 9.66. The van der Waals surface area contributed by atoms with E-state index >= 15 is 0 Å². The van der Waals surface area contributed by atoms with Gasteiger partial charge in [0.05, 0.1) is 11.7 Å². The van der Waals surface area contributed by atoms with Crippen LogP contribution in [-0.4, -0.2) is 22.7 Å². The molecule has 3 nitrogen and oxygen atoms in total. The molecule has 1 aromatic heterocycles. The molecule has 142 valence electrons. The van der Waals surface area contributed by atoms with Gasteiger partial charge >= 0.3 is 0 Å². The minimum atomic E-state index is -0.785. The molecule has 3 rings (SSSR count). The Balaban J connectivity index is 2.01. The summed E-state index contributed by atoms with van der Waals surface area (Å²) in [6.07, 6.45) is 6.33. The van der Waals surface area contributed by atoms with Crippen LogP contribution < -0.4 is 4.74 Å². The molecule has 1 heterocycles. The summed E-state index contributed by atoms with van der Waals surface area (Å²) in [5, 5.41) is 1.96. The highest BCUT2D eigenvalue weighted by atomic mass is 19.1. The Morgan fingerprint density at radius 2 is 1.96 bits per heavy atom. The summed E-state index contributed by atoms with van der Waals surface area (Å²) in [4.78, 5) is 8.74. The lowest BCUT2D eigenvalue weighted by atomic mass is 10.00. The van der Waals surface area contributed by atoms with Crippen LogP contribution in [0.15, 0.2) is 61.4 Å². The Kier molecular flexibility index (Phi) is 6.75.